The van der Waals surface area contributed by atoms with Crippen molar-refractivity contribution in [1.29, 1.82) is 0 Å². The van der Waals surface area contributed by atoms with Crippen molar-refractivity contribution in [3.05, 3.63) is 29.6 Å². The number of hydrogen-bond donors (Lipinski definition) is 0. The lowest BCUT2D eigenvalue weighted by molar-refractivity contribution is -0.132. The molecule has 2 saturated heterocycles. The number of benzene rings is 1. The van der Waals surface area contributed by atoms with Crippen LogP contribution in [-0.2, 0) is 16.1 Å². The Hall–Kier alpha value is -1.70. The Morgan fingerprint density at radius 1 is 1.30 bits per heavy atom. The van der Waals surface area contributed by atoms with E-state index in [-0.39, 0.29) is 11.7 Å². The van der Waals surface area contributed by atoms with Crippen molar-refractivity contribution in [2.75, 3.05) is 60.0 Å². The van der Waals surface area contributed by atoms with E-state index in [2.05, 4.69) is 9.80 Å². The normalized spacial score (nSPS) is 21.4. The van der Waals surface area contributed by atoms with Gasteiger partial charge in [0.05, 0.1) is 19.8 Å². The number of amides is 1. The highest BCUT2D eigenvalue weighted by atomic mass is 19.1. The standard InChI is InChI=1S/C20H30FN3O3/c1-22(13-16-5-6-19(26-2)18(21)12-16)20(25)15-24-9-7-23(8-10-24)14-17-4-3-11-27-17/h5-6,12,17H,3-4,7-11,13-15H2,1-2H3. The number of carbonyl (C=O) groups excluding carboxylic acids is 1. The summed E-state index contributed by atoms with van der Waals surface area (Å²) < 4.78 is 24.4. The molecular weight excluding hydrogens is 349 g/mol. The first-order valence-corrected chi connectivity index (χ1v) is 9.68. The number of carbonyl (C=O) groups is 1. The molecule has 1 amide bonds. The number of hydrogen-bond acceptors (Lipinski definition) is 5. The van der Waals surface area contributed by atoms with Crippen LogP contribution in [0.4, 0.5) is 4.39 Å². The van der Waals surface area contributed by atoms with Crippen molar-refractivity contribution in [2.24, 2.45) is 0 Å². The van der Waals surface area contributed by atoms with Crippen LogP contribution in [-0.4, -0.2) is 86.7 Å². The highest BCUT2D eigenvalue weighted by Gasteiger charge is 2.24. The molecule has 1 aromatic rings. The van der Waals surface area contributed by atoms with Crippen LogP contribution in [0.2, 0.25) is 0 Å². The first-order valence-electron chi connectivity index (χ1n) is 9.68. The van der Waals surface area contributed by atoms with E-state index < -0.39 is 5.82 Å². The van der Waals surface area contributed by atoms with Crippen LogP contribution >= 0.6 is 0 Å². The van der Waals surface area contributed by atoms with E-state index in [1.54, 1.807) is 24.1 Å². The van der Waals surface area contributed by atoms with Crippen molar-refractivity contribution in [3.8, 4) is 5.75 Å². The topological polar surface area (TPSA) is 45.2 Å². The number of methoxy groups -OCH3 is 1. The van der Waals surface area contributed by atoms with Gasteiger partial charge in [0, 0.05) is 52.9 Å². The van der Waals surface area contributed by atoms with Crippen molar-refractivity contribution in [3.63, 3.8) is 0 Å². The summed E-state index contributed by atoms with van der Waals surface area (Å²) in [5.41, 5.74) is 0.755. The first kappa shape index (κ1) is 20.0. The van der Waals surface area contributed by atoms with Gasteiger partial charge >= 0.3 is 0 Å². The van der Waals surface area contributed by atoms with Crippen LogP contribution in [0.25, 0.3) is 0 Å². The average molecular weight is 379 g/mol. The Morgan fingerprint density at radius 3 is 2.67 bits per heavy atom. The Balaban J connectivity index is 1.41. The zero-order valence-corrected chi connectivity index (χ0v) is 16.3. The summed E-state index contributed by atoms with van der Waals surface area (Å²) in [4.78, 5) is 18.8. The summed E-state index contributed by atoms with van der Waals surface area (Å²) in [6.45, 7) is 6.42. The van der Waals surface area contributed by atoms with E-state index in [4.69, 9.17) is 9.47 Å². The second kappa shape index (κ2) is 9.48. The van der Waals surface area contributed by atoms with Crippen LogP contribution in [0.3, 0.4) is 0 Å². The van der Waals surface area contributed by atoms with E-state index in [1.165, 1.54) is 19.6 Å². The maximum atomic E-state index is 13.8. The maximum Gasteiger partial charge on any atom is 0.236 e. The van der Waals surface area contributed by atoms with Crippen molar-refractivity contribution in [1.82, 2.24) is 14.7 Å². The Bertz CT molecular complexity index is 629. The summed E-state index contributed by atoms with van der Waals surface area (Å²) in [6, 6.07) is 4.80. The lowest BCUT2D eigenvalue weighted by Crippen LogP contribution is -2.51. The molecule has 3 rings (SSSR count). The van der Waals surface area contributed by atoms with E-state index in [1.807, 2.05) is 0 Å². The minimum atomic E-state index is -0.404. The minimum Gasteiger partial charge on any atom is -0.494 e. The molecule has 1 atom stereocenters. The largest absolute Gasteiger partial charge is 0.494 e. The molecule has 27 heavy (non-hydrogen) atoms. The fourth-order valence-electron chi connectivity index (χ4n) is 3.69. The maximum absolute atomic E-state index is 13.8. The second-order valence-corrected chi connectivity index (χ2v) is 7.43. The summed E-state index contributed by atoms with van der Waals surface area (Å²) in [5, 5.41) is 0. The number of rotatable bonds is 7. The van der Waals surface area contributed by atoms with Gasteiger partial charge in [0.2, 0.25) is 5.91 Å². The second-order valence-electron chi connectivity index (χ2n) is 7.43. The predicted molar refractivity (Wildman–Crippen MR) is 101 cm³/mol. The molecule has 0 N–H and O–H groups in total. The summed E-state index contributed by atoms with van der Waals surface area (Å²) in [5.74, 6) is -0.134. The predicted octanol–water partition coefficient (Wildman–Crippen LogP) is 1.59. The summed E-state index contributed by atoms with van der Waals surface area (Å²) in [7, 11) is 3.20. The molecule has 2 heterocycles. The number of ether oxygens (including phenoxy) is 2. The van der Waals surface area contributed by atoms with E-state index >= 15 is 0 Å². The van der Waals surface area contributed by atoms with Gasteiger partial charge in [0.25, 0.3) is 0 Å². The Labute approximate surface area is 160 Å². The SMILES string of the molecule is COc1ccc(CN(C)C(=O)CN2CCN(CC3CCCO3)CC2)cc1F. The molecule has 6 nitrogen and oxygen atoms in total. The zero-order chi connectivity index (χ0) is 19.2. The molecule has 2 aliphatic heterocycles. The third kappa shape index (κ3) is 5.64. The number of halogens is 1. The fraction of sp³-hybridized carbons (Fsp3) is 0.650. The van der Waals surface area contributed by atoms with Gasteiger partial charge in [-0.05, 0) is 30.5 Å². The quantitative estimate of drug-likeness (QED) is 0.720. The third-order valence-electron chi connectivity index (χ3n) is 5.37. The third-order valence-corrected chi connectivity index (χ3v) is 5.37. The van der Waals surface area contributed by atoms with Gasteiger partial charge in [-0.2, -0.15) is 0 Å². The lowest BCUT2D eigenvalue weighted by Gasteiger charge is -2.35. The molecule has 0 saturated carbocycles. The van der Waals surface area contributed by atoms with Gasteiger partial charge < -0.3 is 14.4 Å². The molecule has 1 aromatic carbocycles. The average Bonchev–Trinajstić information content (AvgIpc) is 3.16. The highest BCUT2D eigenvalue weighted by molar-refractivity contribution is 5.78. The summed E-state index contributed by atoms with van der Waals surface area (Å²) >= 11 is 0. The van der Waals surface area contributed by atoms with Crippen molar-refractivity contribution < 1.29 is 18.7 Å². The van der Waals surface area contributed by atoms with Crippen LogP contribution < -0.4 is 4.74 Å². The van der Waals surface area contributed by atoms with Crippen LogP contribution in [0.15, 0.2) is 18.2 Å². The van der Waals surface area contributed by atoms with E-state index in [0.29, 0.717) is 19.2 Å². The number of likely N-dealkylation sites (N-methyl/N-ethyl adjacent to an activating group) is 1. The molecule has 150 valence electrons. The molecular formula is C20H30FN3O3. The molecule has 7 heteroatoms. The Morgan fingerprint density at radius 2 is 2.04 bits per heavy atom. The van der Waals surface area contributed by atoms with Crippen LogP contribution in [0, 0.1) is 5.82 Å². The molecule has 2 fully saturated rings. The highest BCUT2D eigenvalue weighted by Crippen LogP contribution is 2.19. The van der Waals surface area contributed by atoms with E-state index in [9.17, 15) is 9.18 Å². The van der Waals surface area contributed by atoms with Gasteiger partial charge in [-0.1, -0.05) is 6.07 Å². The molecule has 0 spiro atoms. The van der Waals surface area contributed by atoms with Crippen LogP contribution in [0.5, 0.6) is 5.75 Å². The number of nitrogens with zero attached hydrogens (tertiary/aromatic N) is 3. The van der Waals surface area contributed by atoms with Crippen molar-refractivity contribution >= 4 is 5.91 Å². The first-order chi connectivity index (χ1) is 13.0. The molecule has 1 unspecified atom stereocenters. The van der Waals surface area contributed by atoms with Crippen LogP contribution in [0.1, 0.15) is 18.4 Å². The molecule has 0 bridgehead atoms. The minimum absolute atomic E-state index is 0.0544. The monoisotopic (exact) mass is 379 g/mol. The lowest BCUT2D eigenvalue weighted by atomic mass is 10.2. The molecule has 2 aliphatic rings. The molecule has 0 radical (unpaired) electrons. The van der Waals surface area contributed by atoms with Crippen molar-refractivity contribution in [2.45, 2.75) is 25.5 Å². The summed E-state index contributed by atoms with van der Waals surface area (Å²) in [6.07, 6.45) is 2.72. The molecule has 0 aromatic heterocycles. The van der Waals surface area contributed by atoms with Gasteiger partial charge in [0.1, 0.15) is 0 Å². The van der Waals surface area contributed by atoms with E-state index in [0.717, 1.165) is 51.3 Å². The van der Waals surface area contributed by atoms with Gasteiger partial charge in [-0.25, -0.2) is 4.39 Å². The molecule has 0 aliphatic carbocycles. The Kier molecular flexibility index (Phi) is 7.04. The number of piperazine rings is 1. The zero-order valence-electron chi connectivity index (χ0n) is 16.3. The van der Waals surface area contributed by atoms with Gasteiger partial charge in [-0.15, -0.1) is 0 Å². The smallest absolute Gasteiger partial charge is 0.236 e. The van der Waals surface area contributed by atoms with Gasteiger partial charge in [0.15, 0.2) is 11.6 Å². The van der Waals surface area contributed by atoms with Gasteiger partial charge in [-0.3, -0.25) is 14.6 Å². The fourth-order valence-corrected chi connectivity index (χ4v) is 3.69.